The number of aryl methyl sites for hydroxylation is 1. The molecule has 14 nitrogen and oxygen atoms in total. The van der Waals surface area contributed by atoms with Gasteiger partial charge in [0.15, 0.2) is 11.5 Å². The molecule has 0 unspecified atom stereocenters. The summed E-state index contributed by atoms with van der Waals surface area (Å²) in [6.07, 6.45) is 1.10. The van der Waals surface area contributed by atoms with Crippen molar-refractivity contribution in [1.82, 2.24) is 30.7 Å². The molecule has 1 amide bonds. The highest BCUT2D eigenvalue weighted by atomic mass is 16.6. The number of nitrogens with one attached hydrogen (secondary N) is 1. The minimum absolute atomic E-state index is 0.00334. The Morgan fingerprint density at radius 2 is 2.28 bits per heavy atom. The monoisotopic (exact) mass is 347 g/mol. The Bertz CT molecular complexity index is 968. The van der Waals surface area contributed by atoms with Crippen LogP contribution in [0.15, 0.2) is 26.3 Å². The molecule has 3 aromatic rings. The fraction of sp³-hybridized carbons (Fsp3) is 0.0909. The number of furan rings is 1. The second-order valence-corrected chi connectivity index (χ2v) is 4.54. The summed E-state index contributed by atoms with van der Waals surface area (Å²) in [5, 5.41) is 28.6. The Kier molecular flexibility index (Phi) is 3.90. The Hall–Kier alpha value is -4.10. The number of carbonyl (C=O) groups is 1. The van der Waals surface area contributed by atoms with Crippen molar-refractivity contribution in [1.29, 1.82) is 0 Å². The van der Waals surface area contributed by atoms with Gasteiger partial charge in [-0.3, -0.25) is 14.9 Å². The van der Waals surface area contributed by atoms with Crippen molar-refractivity contribution < 1.29 is 18.8 Å². The molecular formula is C11H9N9O5. The van der Waals surface area contributed by atoms with Gasteiger partial charge in [0.05, 0.1) is 18.0 Å². The van der Waals surface area contributed by atoms with Crippen molar-refractivity contribution in [3.8, 4) is 5.82 Å². The van der Waals surface area contributed by atoms with Gasteiger partial charge in [-0.2, -0.15) is 9.78 Å². The zero-order valence-corrected chi connectivity index (χ0v) is 12.5. The molecule has 3 N–H and O–H groups in total. The molecule has 0 aliphatic rings. The number of anilines is 1. The number of aromatic nitrogens is 5. The molecule has 25 heavy (non-hydrogen) atoms. The Labute approximate surface area is 137 Å². The van der Waals surface area contributed by atoms with Crippen LogP contribution in [0.2, 0.25) is 0 Å². The number of nitrogens with two attached hydrogens (primary N) is 1. The summed E-state index contributed by atoms with van der Waals surface area (Å²) in [5.41, 5.74) is 8.07. The third-order valence-corrected chi connectivity index (χ3v) is 2.90. The number of carbonyl (C=O) groups excluding carboxylic acids is 1. The highest BCUT2D eigenvalue weighted by Crippen LogP contribution is 2.15. The first kappa shape index (κ1) is 15.8. The van der Waals surface area contributed by atoms with Crippen LogP contribution in [-0.2, 0) is 0 Å². The first-order chi connectivity index (χ1) is 12.0. The molecule has 0 aromatic carbocycles. The van der Waals surface area contributed by atoms with E-state index in [-0.39, 0.29) is 28.8 Å². The molecule has 3 heterocycles. The third kappa shape index (κ3) is 3.03. The van der Waals surface area contributed by atoms with Crippen LogP contribution in [-0.4, -0.2) is 42.4 Å². The summed E-state index contributed by atoms with van der Waals surface area (Å²) in [6, 6.07) is 2.49. The average molecular weight is 347 g/mol. The van der Waals surface area contributed by atoms with Gasteiger partial charge >= 0.3 is 5.88 Å². The molecule has 0 saturated carbocycles. The Morgan fingerprint density at radius 1 is 1.48 bits per heavy atom. The average Bonchev–Trinajstić information content (AvgIpc) is 3.27. The number of nitrogens with zero attached hydrogens (tertiary/aromatic N) is 7. The minimum atomic E-state index is -0.695. The van der Waals surface area contributed by atoms with Gasteiger partial charge < -0.3 is 10.2 Å². The molecule has 0 radical (unpaired) electrons. The van der Waals surface area contributed by atoms with E-state index < -0.39 is 16.7 Å². The lowest BCUT2D eigenvalue weighted by molar-refractivity contribution is -0.402. The molecule has 0 aliphatic carbocycles. The SMILES string of the molecule is Cc1nnn(-c2nonc2N)c1C(=O)NN=Cc1ccc([N+](=O)[O-])o1. The van der Waals surface area contributed by atoms with Crippen molar-refractivity contribution >= 4 is 23.8 Å². The van der Waals surface area contributed by atoms with E-state index in [4.69, 9.17) is 10.2 Å². The van der Waals surface area contributed by atoms with Gasteiger partial charge in [-0.05, 0) is 23.3 Å². The predicted molar refractivity (Wildman–Crippen MR) is 78.8 cm³/mol. The Morgan fingerprint density at radius 3 is 2.92 bits per heavy atom. The number of nitro groups is 1. The number of hydrazone groups is 1. The van der Waals surface area contributed by atoms with E-state index in [9.17, 15) is 14.9 Å². The topological polar surface area (TPSA) is 193 Å². The highest BCUT2D eigenvalue weighted by molar-refractivity contribution is 5.94. The number of rotatable bonds is 5. The highest BCUT2D eigenvalue weighted by Gasteiger charge is 2.22. The van der Waals surface area contributed by atoms with E-state index >= 15 is 0 Å². The summed E-state index contributed by atoms with van der Waals surface area (Å²) < 4.78 is 10.4. The van der Waals surface area contributed by atoms with Crippen molar-refractivity contribution in [2.45, 2.75) is 6.92 Å². The largest absolute Gasteiger partial charge is 0.433 e. The first-order valence-corrected chi connectivity index (χ1v) is 6.55. The normalized spacial score (nSPS) is 11.1. The first-order valence-electron chi connectivity index (χ1n) is 6.55. The zero-order chi connectivity index (χ0) is 18.0. The van der Waals surface area contributed by atoms with E-state index in [1.54, 1.807) is 6.92 Å². The van der Waals surface area contributed by atoms with Crippen molar-refractivity contribution in [3.05, 3.63) is 39.4 Å². The molecule has 0 bridgehead atoms. The van der Waals surface area contributed by atoms with Gasteiger partial charge in [0.25, 0.3) is 5.91 Å². The quantitative estimate of drug-likeness (QED) is 0.354. The third-order valence-electron chi connectivity index (χ3n) is 2.90. The van der Waals surface area contributed by atoms with E-state index in [0.29, 0.717) is 0 Å². The van der Waals surface area contributed by atoms with Gasteiger partial charge in [-0.25, -0.2) is 10.1 Å². The van der Waals surface area contributed by atoms with Gasteiger partial charge in [-0.15, -0.1) is 5.10 Å². The number of hydrogen-bond donors (Lipinski definition) is 2. The zero-order valence-electron chi connectivity index (χ0n) is 12.5. The van der Waals surface area contributed by atoms with Gasteiger partial charge in [0.2, 0.25) is 11.6 Å². The summed E-state index contributed by atoms with van der Waals surface area (Å²) in [4.78, 5) is 22.1. The second-order valence-electron chi connectivity index (χ2n) is 4.54. The maximum absolute atomic E-state index is 12.3. The molecule has 0 spiro atoms. The smallest absolute Gasteiger partial charge is 0.400 e. The van der Waals surface area contributed by atoms with Crippen LogP contribution in [0.4, 0.5) is 11.7 Å². The fourth-order valence-corrected chi connectivity index (χ4v) is 1.82. The second kappa shape index (κ2) is 6.19. The van der Waals surface area contributed by atoms with E-state index in [1.807, 2.05) is 0 Å². The lowest BCUT2D eigenvalue weighted by Gasteiger charge is -2.02. The molecule has 128 valence electrons. The number of hydrogen-bond acceptors (Lipinski definition) is 11. The standard InChI is InChI=1S/C11H9N9O5/c1-5-8(19(18-14-5)10-9(12)16-25-17-10)11(21)15-13-4-6-2-3-7(24-6)20(22)23/h2-4H,1H3,(H2,12,16)(H,15,21). The van der Waals surface area contributed by atoms with Crippen LogP contribution < -0.4 is 11.2 Å². The van der Waals surface area contributed by atoms with Gasteiger partial charge in [-0.1, -0.05) is 5.21 Å². The summed E-state index contributed by atoms with van der Waals surface area (Å²) >= 11 is 0. The lowest BCUT2D eigenvalue weighted by Crippen LogP contribution is -2.22. The van der Waals surface area contributed by atoms with E-state index in [2.05, 4.69) is 35.8 Å². The molecule has 0 saturated heterocycles. The van der Waals surface area contributed by atoms with Crippen LogP contribution >= 0.6 is 0 Å². The Balaban J connectivity index is 1.78. The van der Waals surface area contributed by atoms with Crippen LogP contribution in [0.5, 0.6) is 0 Å². The summed E-state index contributed by atoms with van der Waals surface area (Å²) in [5.74, 6) is -1.12. The van der Waals surface area contributed by atoms with Crippen LogP contribution in [0.3, 0.4) is 0 Å². The van der Waals surface area contributed by atoms with Crippen molar-refractivity contribution in [3.63, 3.8) is 0 Å². The maximum atomic E-state index is 12.3. The molecule has 3 aromatic heterocycles. The molecule has 0 atom stereocenters. The molecule has 14 heteroatoms. The van der Waals surface area contributed by atoms with Crippen molar-refractivity contribution in [2.75, 3.05) is 5.73 Å². The van der Waals surface area contributed by atoms with Crippen LogP contribution in [0.25, 0.3) is 5.82 Å². The van der Waals surface area contributed by atoms with Crippen molar-refractivity contribution in [2.24, 2.45) is 5.10 Å². The number of amides is 1. The lowest BCUT2D eigenvalue weighted by atomic mass is 10.3. The van der Waals surface area contributed by atoms with Crippen LogP contribution in [0.1, 0.15) is 21.9 Å². The number of nitrogen functional groups attached to an aromatic ring is 1. The predicted octanol–water partition coefficient (Wildman–Crippen LogP) is -0.194. The van der Waals surface area contributed by atoms with E-state index in [0.717, 1.165) is 17.0 Å². The van der Waals surface area contributed by atoms with E-state index in [1.165, 1.54) is 6.07 Å². The molecule has 3 rings (SSSR count). The minimum Gasteiger partial charge on any atom is -0.400 e. The molecule has 0 fully saturated rings. The molecule has 0 aliphatic heterocycles. The summed E-state index contributed by atoms with van der Waals surface area (Å²) in [7, 11) is 0. The molecular weight excluding hydrogens is 338 g/mol. The maximum Gasteiger partial charge on any atom is 0.433 e. The van der Waals surface area contributed by atoms with Crippen LogP contribution in [0, 0.1) is 17.0 Å². The van der Waals surface area contributed by atoms with Gasteiger partial charge in [0.1, 0.15) is 4.92 Å². The fourth-order valence-electron chi connectivity index (χ4n) is 1.82. The summed E-state index contributed by atoms with van der Waals surface area (Å²) in [6.45, 7) is 1.54. The van der Waals surface area contributed by atoms with Gasteiger partial charge in [0, 0.05) is 0 Å².